The Labute approximate surface area is 178 Å². The van der Waals surface area contributed by atoms with Gasteiger partial charge in [-0.05, 0) is 19.8 Å². The van der Waals surface area contributed by atoms with Crippen LogP contribution in [0.15, 0.2) is 0 Å². The van der Waals surface area contributed by atoms with Gasteiger partial charge in [0, 0.05) is 18.6 Å². The molecule has 14 heteroatoms. The van der Waals surface area contributed by atoms with Crippen molar-refractivity contribution < 1.29 is 33.9 Å². The normalized spacial score (nSPS) is 14.5. The third kappa shape index (κ3) is 10.6. The van der Waals surface area contributed by atoms with E-state index in [0.29, 0.717) is 0 Å². The van der Waals surface area contributed by atoms with Crippen molar-refractivity contribution in [1.82, 2.24) is 16.0 Å². The molecule has 10 N–H and O–H groups in total. The Kier molecular flexibility index (Phi) is 12.1. The van der Waals surface area contributed by atoms with Crippen LogP contribution in [0, 0.1) is 0 Å². The van der Waals surface area contributed by atoms with Crippen molar-refractivity contribution in [3.05, 3.63) is 0 Å². The van der Waals surface area contributed by atoms with E-state index in [-0.39, 0.29) is 31.4 Å². The molecular weight excluding hydrogens is 420 g/mol. The summed E-state index contributed by atoms with van der Waals surface area (Å²) >= 11 is 3.83. The number of hydrogen-bond donors (Lipinski definition) is 8. The first kappa shape index (κ1) is 27.1. The molecule has 0 aromatic heterocycles. The third-order valence-electron chi connectivity index (χ3n) is 3.84. The minimum atomic E-state index is -1.35. The summed E-state index contributed by atoms with van der Waals surface area (Å²) in [6.45, 7) is 1.38. The predicted molar refractivity (Wildman–Crippen MR) is 108 cm³/mol. The van der Waals surface area contributed by atoms with Crippen LogP contribution in [-0.4, -0.2) is 70.5 Å². The first-order valence-corrected chi connectivity index (χ1v) is 9.59. The number of rotatable bonds is 14. The molecule has 0 spiro atoms. The van der Waals surface area contributed by atoms with Crippen molar-refractivity contribution in [3.8, 4) is 0 Å². The van der Waals surface area contributed by atoms with Crippen molar-refractivity contribution in [1.29, 1.82) is 0 Å². The number of carbonyl (C=O) groups excluding carboxylic acids is 5. The third-order valence-corrected chi connectivity index (χ3v) is 4.20. The van der Waals surface area contributed by atoms with Gasteiger partial charge in [0.25, 0.3) is 0 Å². The van der Waals surface area contributed by atoms with Gasteiger partial charge in [0.2, 0.25) is 29.5 Å². The van der Waals surface area contributed by atoms with E-state index in [1.54, 1.807) is 0 Å². The van der Waals surface area contributed by atoms with Gasteiger partial charge in [-0.3, -0.25) is 24.0 Å². The number of carboxylic acid groups (broad SMARTS) is 1. The van der Waals surface area contributed by atoms with E-state index in [9.17, 15) is 28.8 Å². The molecule has 0 saturated heterocycles. The number of nitrogens with two attached hydrogens (primary N) is 3. The lowest BCUT2D eigenvalue weighted by molar-refractivity contribution is -0.141. The molecule has 0 bridgehead atoms. The highest BCUT2D eigenvalue weighted by Gasteiger charge is 2.29. The highest BCUT2D eigenvalue weighted by molar-refractivity contribution is 7.80. The zero-order valence-electron chi connectivity index (χ0n) is 16.4. The lowest BCUT2D eigenvalue weighted by Crippen LogP contribution is -2.57. The van der Waals surface area contributed by atoms with Crippen molar-refractivity contribution in [2.45, 2.75) is 56.8 Å². The lowest BCUT2D eigenvalue weighted by Gasteiger charge is -2.24. The summed E-state index contributed by atoms with van der Waals surface area (Å²) in [6, 6.07) is -4.87. The molecule has 0 aliphatic rings. The Morgan fingerprint density at radius 1 is 0.800 bits per heavy atom. The molecule has 30 heavy (non-hydrogen) atoms. The number of hydrogen-bond acceptors (Lipinski definition) is 8. The lowest BCUT2D eigenvalue weighted by atomic mass is 10.1. The van der Waals surface area contributed by atoms with Crippen LogP contribution in [0.1, 0.15) is 32.6 Å². The van der Waals surface area contributed by atoms with Crippen molar-refractivity contribution in [2.24, 2.45) is 17.2 Å². The summed E-state index contributed by atoms with van der Waals surface area (Å²) in [5.41, 5.74) is 15.6. The summed E-state index contributed by atoms with van der Waals surface area (Å²) in [6.07, 6.45) is -0.918. The van der Waals surface area contributed by atoms with E-state index >= 15 is 0 Å². The second kappa shape index (κ2) is 13.4. The Balaban J connectivity index is 5.43. The smallest absolute Gasteiger partial charge is 0.327 e. The molecule has 170 valence electrons. The van der Waals surface area contributed by atoms with E-state index in [0.717, 1.165) is 0 Å². The molecule has 13 nitrogen and oxygen atoms in total. The van der Waals surface area contributed by atoms with Gasteiger partial charge >= 0.3 is 5.97 Å². The molecule has 0 fully saturated rings. The van der Waals surface area contributed by atoms with Gasteiger partial charge in [-0.2, -0.15) is 12.6 Å². The van der Waals surface area contributed by atoms with Gasteiger partial charge in [-0.1, -0.05) is 0 Å². The van der Waals surface area contributed by atoms with Crippen molar-refractivity contribution >= 4 is 48.1 Å². The number of primary amides is 2. The van der Waals surface area contributed by atoms with Gasteiger partial charge in [-0.15, -0.1) is 0 Å². The Morgan fingerprint density at radius 3 is 1.47 bits per heavy atom. The Morgan fingerprint density at radius 2 is 1.17 bits per heavy atom. The molecule has 4 unspecified atom stereocenters. The fourth-order valence-corrected chi connectivity index (χ4v) is 2.39. The molecule has 5 amide bonds. The summed E-state index contributed by atoms with van der Waals surface area (Å²) in [7, 11) is 0. The minimum absolute atomic E-state index is 0.168. The summed E-state index contributed by atoms with van der Waals surface area (Å²) in [5.74, 6) is -5.46. The molecule has 0 aliphatic carbocycles. The predicted octanol–water partition coefficient (Wildman–Crippen LogP) is -3.67. The topological polar surface area (TPSA) is 237 Å². The van der Waals surface area contributed by atoms with Crippen LogP contribution in [0.2, 0.25) is 0 Å². The van der Waals surface area contributed by atoms with Crippen LogP contribution in [0.5, 0.6) is 0 Å². The second-order valence-corrected chi connectivity index (χ2v) is 6.87. The molecule has 0 aromatic carbocycles. The van der Waals surface area contributed by atoms with Crippen LogP contribution in [0.4, 0.5) is 0 Å². The highest BCUT2D eigenvalue weighted by Crippen LogP contribution is 2.04. The number of carbonyl (C=O) groups is 6. The molecular formula is C16H28N6O7S. The van der Waals surface area contributed by atoms with Crippen LogP contribution < -0.4 is 33.2 Å². The van der Waals surface area contributed by atoms with Gasteiger partial charge in [0.05, 0.1) is 6.04 Å². The quantitative estimate of drug-likeness (QED) is 0.123. The Hall–Kier alpha value is -2.87. The van der Waals surface area contributed by atoms with E-state index in [4.69, 9.17) is 22.3 Å². The number of carboxylic acids is 1. The van der Waals surface area contributed by atoms with E-state index in [1.807, 2.05) is 0 Å². The SMILES string of the molecule is CC(N)C(=O)NC(CCC(N)=O)C(=O)NC(CCC(N)=O)C(=O)NC(CS)C(=O)O. The first-order chi connectivity index (χ1) is 13.9. The van der Waals surface area contributed by atoms with Gasteiger partial charge in [0.15, 0.2) is 0 Å². The molecule has 0 aliphatic heterocycles. The first-order valence-electron chi connectivity index (χ1n) is 8.96. The summed E-state index contributed by atoms with van der Waals surface area (Å²) in [4.78, 5) is 70.1. The van der Waals surface area contributed by atoms with E-state index in [2.05, 4.69) is 28.6 Å². The van der Waals surface area contributed by atoms with E-state index in [1.165, 1.54) is 6.92 Å². The average Bonchev–Trinajstić information content (AvgIpc) is 2.64. The molecule has 0 radical (unpaired) electrons. The van der Waals surface area contributed by atoms with Gasteiger partial charge < -0.3 is 38.3 Å². The fraction of sp³-hybridized carbons (Fsp3) is 0.625. The highest BCUT2D eigenvalue weighted by atomic mass is 32.1. The number of aliphatic carboxylic acids is 1. The van der Waals surface area contributed by atoms with Gasteiger partial charge in [0.1, 0.15) is 18.1 Å². The maximum absolute atomic E-state index is 12.6. The van der Waals surface area contributed by atoms with Gasteiger partial charge in [-0.25, -0.2) is 4.79 Å². The Bertz CT molecular complexity index is 672. The average molecular weight is 449 g/mol. The number of amides is 5. The van der Waals surface area contributed by atoms with Crippen molar-refractivity contribution in [2.75, 3.05) is 5.75 Å². The van der Waals surface area contributed by atoms with E-state index < -0.39 is 59.7 Å². The molecule has 0 aromatic rings. The maximum atomic E-state index is 12.6. The van der Waals surface area contributed by atoms with Crippen molar-refractivity contribution in [3.63, 3.8) is 0 Å². The van der Waals surface area contributed by atoms with Crippen LogP contribution in [-0.2, 0) is 28.8 Å². The van der Waals surface area contributed by atoms with Crippen LogP contribution in [0.3, 0.4) is 0 Å². The largest absolute Gasteiger partial charge is 0.480 e. The summed E-state index contributed by atoms with van der Waals surface area (Å²) < 4.78 is 0. The van der Waals surface area contributed by atoms with Crippen LogP contribution in [0.25, 0.3) is 0 Å². The monoisotopic (exact) mass is 448 g/mol. The number of thiol groups is 1. The number of nitrogens with one attached hydrogen (secondary N) is 3. The molecule has 0 heterocycles. The maximum Gasteiger partial charge on any atom is 0.327 e. The molecule has 0 rings (SSSR count). The standard InChI is InChI=1S/C16H28N6O7S/c1-7(17)13(25)20-8(2-4-11(18)23)14(26)21-9(3-5-12(19)24)15(27)22-10(6-30)16(28)29/h7-10,30H,2-6,17H2,1H3,(H2,18,23)(H2,19,24)(H,20,25)(H,21,26)(H,22,27)(H,28,29). The fourth-order valence-electron chi connectivity index (χ4n) is 2.14. The minimum Gasteiger partial charge on any atom is -0.480 e. The van der Waals surface area contributed by atoms with Crippen LogP contribution >= 0.6 is 12.6 Å². The molecule has 4 atom stereocenters. The zero-order valence-corrected chi connectivity index (χ0v) is 17.3. The molecule has 0 saturated carbocycles. The second-order valence-electron chi connectivity index (χ2n) is 6.50. The summed E-state index contributed by atoms with van der Waals surface area (Å²) in [5, 5.41) is 15.9. The zero-order chi connectivity index (χ0) is 23.4.